The number of hydrogen-bond acceptors (Lipinski definition) is 12. The van der Waals surface area contributed by atoms with E-state index in [2.05, 4.69) is 267 Å². The van der Waals surface area contributed by atoms with Crippen molar-refractivity contribution in [2.75, 3.05) is 0 Å². The maximum absolute atomic E-state index is 10.0. The van der Waals surface area contributed by atoms with E-state index < -0.39 is 0 Å². The number of aromatic nitrogens is 4. The fraction of sp³-hybridized carbons (Fsp3) is 0.287. The Morgan fingerprint density at radius 3 is 0.915 bits per heavy atom. The van der Waals surface area contributed by atoms with Gasteiger partial charge in [-0.25, -0.2) is 0 Å². The molecule has 16 heteroatoms. The maximum Gasteiger partial charge on any atom is 0.155 e. The van der Waals surface area contributed by atoms with E-state index in [0.717, 1.165) is 67.1 Å². The fourth-order valence-corrected chi connectivity index (χ4v) is 12.6. The van der Waals surface area contributed by atoms with Crippen LogP contribution in [0.1, 0.15) is 172 Å². The van der Waals surface area contributed by atoms with Crippen LogP contribution >= 0.6 is 0 Å². The average molecular weight is 2280 g/mol. The van der Waals surface area contributed by atoms with E-state index in [4.69, 9.17) is 40.4 Å². The van der Waals surface area contributed by atoms with Crippen LogP contribution in [0.25, 0.3) is 88.6 Å². The van der Waals surface area contributed by atoms with Gasteiger partial charge >= 0.3 is 0 Å². The van der Waals surface area contributed by atoms with Gasteiger partial charge in [-0.2, -0.15) is 0 Å². The molecule has 0 fully saturated rings. The Morgan fingerprint density at radius 2 is 0.598 bits per heavy atom. The van der Waals surface area contributed by atoms with Crippen LogP contribution in [0.5, 0.6) is 0 Å². The second kappa shape index (κ2) is 48.7. The SMILES string of the molecule is CC(=O)C=C(C)O.CC(=O)C=C(C)O.CC(=O)C=C(C)O.CC(=O)C=C(C)O.Cc1[c-]c(-c2ccc3c(C)c(C)c(C)cc3n2)c(C)cc1C.Cc1c[c-]c(-c2ccc3c(C)c(C)c(C)cc3n2)c(C)c1.Cc1c[c-]c(-c2ccc3c(C)c(C)c(C)cc3n2)cc1C.Cc1cc[c-]c(-c2ccc3c(C)c(C)c(C)cc3n2)c1C.[Ir].[Ir].[Ir].[Ir]. The zero-order chi connectivity index (χ0) is 84.9. The Bertz CT molecular complexity index is 5580. The molecule has 12 aromatic rings. The van der Waals surface area contributed by atoms with Gasteiger partial charge in [-0.15, -0.1) is 139 Å². The number of ketones is 4. The van der Waals surface area contributed by atoms with Crippen molar-refractivity contribution < 1.29 is 120 Å². The van der Waals surface area contributed by atoms with Gasteiger partial charge in [0.25, 0.3) is 0 Å². The number of carbonyl (C=O) groups excluding carboxylic acids is 4. The van der Waals surface area contributed by atoms with Gasteiger partial charge in [0, 0.05) is 126 Å². The van der Waals surface area contributed by atoms with E-state index in [1.807, 2.05) is 18.2 Å². The van der Waals surface area contributed by atoms with E-state index in [1.165, 1.54) is 218 Å². The summed E-state index contributed by atoms with van der Waals surface area (Å²) in [5.41, 5.74) is 39.9. The van der Waals surface area contributed by atoms with Gasteiger partial charge in [-0.05, 0) is 252 Å². The predicted molar refractivity (Wildman–Crippen MR) is 472 cm³/mol. The minimum absolute atomic E-state index is 0. The zero-order valence-electron chi connectivity index (χ0n) is 73.3. The molecule has 0 aliphatic rings. The molecule has 12 rings (SSSR count). The third kappa shape index (κ3) is 30.9. The summed E-state index contributed by atoms with van der Waals surface area (Å²) in [4.78, 5) is 59.6. The van der Waals surface area contributed by atoms with Crippen LogP contribution in [0.15, 0.2) is 163 Å². The molecule has 0 unspecified atom stereocenters. The summed E-state index contributed by atoms with van der Waals surface area (Å²) in [6.45, 7) is 56.5. The largest absolute Gasteiger partial charge is 0.512 e. The molecule has 0 atom stereocenters. The van der Waals surface area contributed by atoms with E-state index in [0.29, 0.717) is 0 Å². The molecular weight excluding hydrogens is 2170 g/mol. The summed E-state index contributed by atoms with van der Waals surface area (Å²) < 4.78 is 0. The Kier molecular flexibility index (Phi) is 44.0. The number of nitrogens with zero attached hydrogens (tertiary/aromatic N) is 4. The number of allylic oxidation sites excluding steroid dienone is 8. The van der Waals surface area contributed by atoms with Gasteiger partial charge in [-0.3, -0.25) is 39.1 Å². The first-order valence-corrected chi connectivity index (χ1v) is 37.8. The first-order chi connectivity index (χ1) is 52.8. The molecule has 4 aromatic heterocycles. The van der Waals surface area contributed by atoms with Gasteiger partial charge in [0.1, 0.15) is 0 Å². The average Bonchev–Trinajstić information content (AvgIpc) is 0.794. The Hall–Kier alpha value is -9.16. The number of aliphatic hydroxyl groups is 4. The first kappa shape index (κ1) is 106. The molecule has 4 N–H and O–H groups in total. The van der Waals surface area contributed by atoms with Gasteiger partial charge in [0.05, 0.1) is 45.1 Å². The molecule has 12 nitrogen and oxygen atoms in total. The molecular formula is C101H114Ir4N4O8-4. The van der Waals surface area contributed by atoms with Crippen LogP contribution in [-0.4, -0.2) is 63.5 Å². The van der Waals surface area contributed by atoms with Crippen molar-refractivity contribution in [1.82, 2.24) is 19.9 Å². The second-order valence-electron chi connectivity index (χ2n) is 29.7. The number of fused-ring (bicyclic) bond motifs is 4. The summed E-state index contributed by atoms with van der Waals surface area (Å²) in [5.74, 6) is -0.250. The third-order valence-electron chi connectivity index (χ3n) is 20.0. The summed E-state index contributed by atoms with van der Waals surface area (Å²) in [7, 11) is 0. The van der Waals surface area contributed by atoms with Gasteiger partial charge in [-0.1, -0.05) is 111 Å². The number of rotatable bonds is 8. The van der Waals surface area contributed by atoms with E-state index in [9.17, 15) is 19.2 Å². The molecule has 4 heterocycles. The molecule has 0 aliphatic heterocycles. The van der Waals surface area contributed by atoms with Crippen molar-refractivity contribution in [1.29, 1.82) is 0 Å². The molecule has 0 spiro atoms. The molecule has 0 aliphatic carbocycles. The number of pyridine rings is 4. The molecule has 0 saturated carbocycles. The number of benzene rings is 8. The number of hydrogen-bond donors (Lipinski definition) is 4. The standard InChI is InChI=1S/C21H22N.3C20H20N.4C5H8O2.4Ir/c1-12-9-15(4)19(10-13(12)2)20-8-7-18-17(6)16(5)14(3)11-21(18)22-20;1-12-6-7-17(10-13(12)2)19-9-8-18-16(5)15(4)14(3)11-20(18)21-19;1-12-6-7-17(14(3)10-12)19-9-8-18-16(5)15(4)13(2)11-20(18)21-19;1-12-7-6-8-17(15(12)4)19-10-9-18-16(5)14(3)13(2)11-20(18)21-19;4*1-4(6)3-5(2)7;;;;/h7-9,11H,1-6H3;2*6,8-11H,1-5H3;6-7,9-11H,1-5H3;4*3,6H,1-2H3;;;;/q4*-1;;;;;;;;. The normalized spacial score (nSPS) is 10.8. The molecule has 117 heavy (non-hydrogen) atoms. The zero-order valence-corrected chi connectivity index (χ0v) is 82.9. The van der Waals surface area contributed by atoms with Gasteiger partial charge < -0.3 is 20.4 Å². The summed E-state index contributed by atoms with van der Waals surface area (Å²) >= 11 is 0. The smallest absolute Gasteiger partial charge is 0.155 e. The number of aliphatic hydroxyl groups excluding tert-OH is 4. The first-order valence-electron chi connectivity index (χ1n) is 37.8. The van der Waals surface area contributed by atoms with Crippen molar-refractivity contribution >= 4 is 66.7 Å². The van der Waals surface area contributed by atoms with Crippen molar-refractivity contribution in [3.05, 3.63) is 304 Å². The topological polar surface area (TPSA) is 201 Å². The molecule has 4 radical (unpaired) electrons. The van der Waals surface area contributed by atoms with Crippen LogP contribution in [0.4, 0.5) is 0 Å². The van der Waals surface area contributed by atoms with E-state index in [-0.39, 0.29) is 127 Å². The maximum atomic E-state index is 10.0. The van der Waals surface area contributed by atoms with Crippen LogP contribution in [0, 0.1) is 170 Å². The summed E-state index contributed by atoms with van der Waals surface area (Å²) in [5, 5.41) is 38.4. The minimum atomic E-state index is -0.125. The van der Waals surface area contributed by atoms with Gasteiger partial charge in [0.2, 0.25) is 0 Å². The van der Waals surface area contributed by atoms with Crippen LogP contribution < -0.4 is 0 Å². The molecule has 0 bridgehead atoms. The molecule has 626 valence electrons. The minimum Gasteiger partial charge on any atom is -0.512 e. The monoisotopic (exact) mass is 2280 g/mol. The van der Waals surface area contributed by atoms with Crippen molar-refractivity contribution in [2.45, 2.75) is 201 Å². The van der Waals surface area contributed by atoms with E-state index >= 15 is 0 Å². The Morgan fingerprint density at radius 1 is 0.282 bits per heavy atom. The van der Waals surface area contributed by atoms with Gasteiger partial charge in [0.15, 0.2) is 23.1 Å². The second-order valence-corrected chi connectivity index (χ2v) is 29.7. The molecule has 8 aromatic carbocycles. The van der Waals surface area contributed by atoms with E-state index in [1.54, 1.807) is 0 Å². The third-order valence-corrected chi connectivity index (χ3v) is 20.0. The molecule has 0 saturated heterocycles. The predicted octanol–water partition coefficient (Wildman–Crippen LogP) is 25.4. The summed E-state index contributed by atoms with van der Waals surface area (Å²) in [6, 6.07) is 54.2. The van der Waals surface area contributed by atoms with Crippen LogP contribution in [-0.2, 0) is 99.6 Å². The Labute approximate surface area is 749 Å². The fourth-order valence-electron chi connectivity index (χ4n) is 12.6. The van der Waals surface area contributed by atoms with Crippen LogP contribution in [0.3, 0.4) is 0 Å². The molecule has 0 amide bonds. The van der Waals surface area contributed by atoms with Crippen LogP contribution in [0.2, 0.25) is 0 Å². The number of carbonyl (C=O) groups is 4. The van der Waals surface area contributed by atoms with Crippen molar-refractivity contribution in [2.24, 2.45) is 0 Å². The van der Waals surface area contributed by atoms with Crippen molar-refractivity contribution in [3.63, 3.8) is 0 Å². The Balaban J connectivity index is 0.000000696. The quantitative estimate of drug-likeness (QED) is 0.0638. The number of aryl methyl sites for hydroxylation is 16. The van der Waals surface area contributed by atoms with Crippen molar-refractivity contribution in [3.8, 4) is 45.0 Å². The summed E-state index contributed by atoms with van der Waals surface area (Å²) in [6.07, 6.45) is 4.67.